The van der Waals surface area contributed by atoms with Crippen LogP contribution in [0, 0.1) is 6.92 Å². The van der Waals surface area contributed by atoms with Crippen LogP contribution in [0.3, 0.4) is 0 Å². The molecule has 0 fully saturated rings. The van der Waals surface area contributed by atoms with Crippen LogP contribution in [0.25, 0.3) is 0 Å². The summed E-state index contributed by atoms with van der Waals surface area (Å²) in [4.78, 5) is 6.28. The Morgan fingerprint density at radius 3 is 2.75 bits per heavy atom. The summed E-state index contributed by atoms with van der Waals surface area (Å²) in [6, 6.07) is 5.81. The van der Waals surface area contributed by atoms with Crippen molar-refractivity contribution in [3.05, 3.63) is 34.3 Å². The van der Waals surface area contributed by atoms with Gasteiger partial charge < -0.3 is 10.6 Å². The third kappa shape index (κ3) is 2.13. The standard InChI is InChI=1S/C11H12ClN3S/c1-7-5-10(14-6-8(7)13)15(2)11-4-3-9(12)16-11/h3-6H,13H2,1-2H3. The van der Waals surface area contributed by atoms with E-state index in [2.05, 4.69) is 4.98 Å². The molecule has 0 saturated carbocycles. The summed E-state index contributed by atoms with van der Waals surface area (Å²) in [6.07, 6.45) is 1.68. The number of aryl methyl sites for hydroxylation is 1. The van der Waals surface area contributed by atoms with Gasteiger partial charge in [0.15, 0.2) is 0 Å². The predicted molar refractivity (Wildman–Crippen MR) is 70.8 cm³/mol. The van der Waals surface area contributed by atoms with Crippen LogP contribution in [0.15, 0.2) is 24.4 Å². The van der Waals surface area contributed by atoms with Gasteiger partial charge in [-0.1, -0.05) is 11.6 Å². The SMILES string of the molecule is Cc1cc(N(C)c2ccc(Cl)s2)ncc1N. The van der Waals surface area contributed by atoms with Crippen molar-refractivity contribution in [3.8, 4) is 0 Å². The van der Waals surface area contributed by atoms with Crippen molar-refractivity contribution < 1.29 is 0 Å². The largest absolute Gasteiger partial charge is 0.397 e. The number of nitrogens with two attached hydrogens (primary N) is 1. The van der Waals surface area contributed by atoms with Crippen LogP contribution in [0.5, 0.6) is 0 Å². The second-order valence-corrected chi connectivity index (χ2v) is 5.23. The zero-order valence-corrected chi connectivity index (χ0v) is 10.6. The molecule has 0 aromatic carbocycles. The first-order valence-electron chi connectivity index (χ1n) is 4.79. The molecular formula is C11H12ClN3S. The fourth-order valence-corrected chi connectivity index (χ4v) is 2.34. The van der Waals surface area contributed by atoms with Crippen LogP contribution in [-0.4, -0.2) is 12.0 Å². The van der Waals surface area contributed by atoms with E-state index >= 15 is 0 Å². The van der Waals surface area contributed by atoms with E-state index < -0.39 is 0 Å². The first-order valence-corrected chi connectivity index (χ1v) is 5.98. The molecule has 2 N–H and O–H groups in total. The number of aromatic nitrogens is 1. The molecule has 0 aliphatic heterocycles. The van der Waals surface area contributed by atoms with Crippen molar-refractivity contribution in [2.45, 2.75) is 6.92 Å². The number of hydrogen-bond acceptors (Lipinski definition) is 4. The van der Waals surface area contributed by atoms with E-state index in [1.165, 1.54) is 11.3 Å². The Bertz CT molecular complexity index is 510. The molecule has 5 heteroatoms. The summed E-state index contributed by atoms with van der Waals surface area (Å²) in [7, 11) is 1.96. The third-order valence-corrected chi connectivity index (χ3v) is 3.68. The van der Waals surface area contributed by atoms with Crippen LogP contribution in [0.2, 0.25) is 4.34 Å². The van der Waals surface area contributed by atoms with E-state index in [1.807, 2.05) is 37.1 Å². The molecule has 0 bridgehead atoms. The van der Waals surface area contributed by atoms with Crippen LogP contribution in [0.4, 0.5) is 16.5 Å². The first kappa shape index (κ1) is 11.2. The Morgan fingerprint density at radius 2 is 2.19 bits per heavy atom. The Hall–Kier alpha value is -1.26. The molecule has 2 aromatic rings. The molecule has 0 aliphatic rings. The quantitative estimate of drug-likeness (QED) is 0.891. The highest BCUT2D eigenvalue weighted by Gasteiger charge is 2.08. The van der Waals surface area contributed by atoms with Gasteiger partial charge in [-0.15, -0.1) is 11.3 Å². The smallest absolute Gasteiger partial charge is 0.133 e. The van der Waals surface area contributed by atoms with Gasteiger partial charge in [-0.3, -0.25) is 0 Å². The normalized spacial score (nSPS) is 10.4. The van der Waals surface area contributed by atoms with E-state index in [0.29, 0.717) is 5.69 Å². The average molecular weight is 254 g/mol. The Kier molecular flexibility index (Phi) is 3.03. The molecule has 0 saturated heterocycles. The van der Waals surface area contributed by atoms with Gasteiger partial charge in [-0.25, -0.2) is 4.98 Å². The van der Waals surface area contributed by atoms with Crippen molar-refractivity contribution in [1.29, 1.82) is 0 Å². The van der Waals surface area contributed by atoms with Gasteiger partial charge in [-0.05, 0) is 30.7 Å². The van der Waals surface area contributed by atoms with Gasteiger partial charge in [0.05, 0.1) is 21.2 Å². The van der Waals surface area contributed by atoms with Crippen molar-refractivity contribution in [2.75, 3.05) is 17.7 Å². The number of hydrogen-bond donors (Lipinski definition) is 1. The molecule has 0 aliphatic carbocycles. The van der Waals surface area contributed by atoms with Crippen LogP contribution in [0.1, 0.15) is 5.56 Å². The summed E-state index contributed by atoms with van der Waals surface area (Å²) >= 11 is 7.42. The first-order chi connectivity index (χ1) is 7.58. The molecule has 2 aromatic heterocycles. The number of anilines is 3. The minimum absolute atomic E-state index is 0.710. The summed E-state index contributed by atoms with van der Waals surface area (Å²) in [5.74, 6) is 0.866. The van der Waals surface area contributed by atoms with E-state index in [4.69, 9.17) is 17.3 Å². The number of rotatable bonds is 2. The van der Waals surface area contributed by atoms with Gasteiger partial charge in [0.1, 0.15) is 5.82 Å². The lowest BCUT2D eigenvalue weighted by molar-refractivity contribution is 1.14. The minimum atomic E-state index is 0.710. The molecule has 2 rings (SSSR count). The van der Waals surface area contributed by atoms with Crippen LogP contribution >= 0.6 is 22.9 Å². The van der Waals surface area contributed by atoms with Crippen LogP contribution in [-0.2, 0) is 0 Å². The molecule has 16 heavy (non-hydrogen) atoms. The monoisotopic (exact) mass is 253 g/mol. The number of thiophene rings is 1. The average Bonchev–Trinajstić information content (AvgIpc) is 2.68. The molecule has 0 radical (unpaired) electrons. The van der Waals surface area contributed by atoms with Gasteiger partial charge >= 0.3 is 0 Å². The lowest BCUT2D eigenvalue weighted by atomic mass is 10.2. The summed E-state index contributed by atoms with van der Waals surface area (Å²) in [5, 5.41) is 1.06. The van der Waals surface area contributed by atoms with Gasteiger partial charge in [-0.2, -0.15) is 0 Å². The summed E-state index contributed by atoms with van der Waals surface area (Å²) in [6.45, 7) is 1.97. The lowest BCUT2D eigenvalue weighted by Crippen LogP contribution is -2.10. The maximum absolute atomic E-state index is 5.90. The second-order valence-electron chi connectivity index (χ2n) is 3.54. The Morgan fingerprint density at radius 1 is 1.44 bits per heavy atom. The highest BCUT2D eigenvalue weighted by atomic mass is 35.5. The Labute approximate surface area is 103 Å². The molecule has 3 nitrogen and oxygen atoms in total. The molecular weight excluding hydrogens is 242 g/mol. The molecule has 84 valence electrons. The molecule has 0 amide bonds. The zero-order valence-electron chi connectivity index (χ0n) is 9.07. The van der Waals surface area contributed by atoms with E-state index in [0.717, 1.165) is 20.7 Å². The molecule has 0 spiro atoms. The second kappa shape index (κ2) is 4.31. The van der Waals surface area contributed by atoms with Crippen molar-refractivity contribution in [3.63, 3.8) is 0 Å². The van der Waals surface area contributed by atoms with Crippen LogP contribution < -0.4 is 10.6 Å². The fraction of sp³-hybridized carbons (Fsp3) is 0.182. The number of nitrogens with zero attached hydrogens (tertiary/aromatic N) is 2. The summed E-state index contributed by atoms with van der Waals surface area (Å²) in [5.41, 5.74) is 7.47. The van der Waals surface area contributed by atoms with Crippen molar-refractivity contribution >= 4 is 39.4 Å². The highest BCUT2D eigenvalue weighted by molar-refractivity contribution is 7.20. The third-order valence-electron chi connectivity index (χ3n) is 2.37. The van der Waals surface area contributed by atoms with Crippen molar-refractivity contribution in [2.24, 2.45) is 0 Å². The number of nitrogen functional groups attached to an aromatic ring is 1. The fourth-order valence-electron chi connectivity index (χ4n) is 1.33. The van der Waals surface area contributed by atoms with Crippen molar-refractivity contribution in [1.82, 2.24) is 4.98 Å². The maximum Gasteiger partial charge on any atom is 0.133 e. The molecule has 0 atom stereocenters. The number of pyridine rings is 1. The molecule has 0 unspecified atom stereocenters. The topological polar surface area (TPSA) is 42.2 Å². The lowest BCUT2D eigenvalue weighted by Gasteiger charge is -2.16. The Balaban J connectivity index is 2.33. The van der Waals surface area contributed by atoms with E-state index in [-0.39, 0.29) is 0 Å². The molecule has 2 heterocycles. The van der Waals surface area contributed by atoms with Gasteiger partial charge in [0, 0.05) is 7.05 Å². The highest BCUT2D eigenvalue weighted by Crippen LogP contribution is 2.32. The van der Waals surface area contributed by atoms with E-state index in [1.54, 1.807) is 6.20 Å². The van der Waals surface area contributed by atoms with Gasteiger partial charge in [0.25, 0.3) is 0 Å². The number of halogens is 1. The maximum atomic E-state index is 5.90. The summed E-state index contributed by atoms with van der Waals surface area (Å²) < 4.78 is 0.772. The predicted octanol–water partition coefficient (Wildman–Crippen LogP) is 3.46. The van der Waals surface area contributed by atoms with Gasteiger partial charge in [0.2, 0.25) is 0 Å². The minimum Gasteiger partial charge on any atom is -0.397 e. The zero-order chi connectivity index (χ0) is 11.7. The van der Waals surface area contributed by atoms with E-state index in [9.17, 15) is 0 Å².